The molecule has 1 aliphatic rings. The van der Waals surface area contributed by atoms with Gasteiger partial charge in [0.25, 0.3) is 0 Å². The molecule has 0 saturated heterocycles. The molecule has 0 spiro atoms. The molecule has 0 radical (unpaired) electrons. The number of aromatic hydroxyl groups is 1. The van der Waals surface area contributed by atoms with E-state index in [4.69, 9.17) is 4.74 Å². The van der Waals surface area contributed by atoms with E-state index in [1.165, 1.54) is 7.11 Å². The molecule has 3 heteroatoms. The average molecular weight is 206 g/mol. The third-order valence-electron chi connectivity index (χ3n) is 3.00. The second-order valence-corrected chi connectivity index (χ2v) is 3.88. The summed E-state index contributed by atoms with van der Waals surface area (Å²) < 4.78 is 4.72. The first-order valence-corrected chi connectivity index (χ1v) is 5.10. The van der Waals surface area contributed by atoms with Gasteiger partial charge in [-0.05, 0) is 36.5 Å². The van der Waals surface area contributed by atoms with Crippen LogP contribution in [0.25, 0.3) is 0 Å². The lowest BCUT2D eigenvalue weighted by Crippen LogP contribution is -2.23. The molecule has 0 saturated carbocycles. The molecule has 1 aromatic carbocycles. The summed E-state index contributed by atoms with van der Waals surface area (Å²) in [4.78, 5) is 11.4. The lowest BCUT2D eigenvalue weighted by Gasteiger charge is -2.23. The van der Waals surface area contributed by atoms with Gasteiger partial charge in [0, 0.05) is 0 Å². The van der Waals surface area contributed by atoms with Crippen LogP contribution in [-0.4, -0.2) is 18.2 Å². The van der Waals surface area contributed by atoms with Gasteiger partial charge >= 0.3 is 5.97 Å². The minimum Gasteiger partial charge on any atom is -0.508 e. The van der Waals surface area contributed by atoms with Gasteiger partial charge in [0.1, 0.15) is 5.75 Å². The lowest BCUT2D eigenvalue weighted by molar-refractivity contribution is -0.145. The normalized spacial score (nSPS) is 19.4. The number of hydrogen-bond acceptors (Lipinski definition) is 3. The summed E-state index contributed by atoms with van der Waals surface area (Å²) in [5.41, 5.74) is 2.05. The molecule has 0 amide bonds. The summed E-state index contributed by atoms with van der Waals surface area (Å²) in [5.74, 6) is 0.0146. The summed E-state index contributed by atoms with van der Waals surface area (Å²) in [7, 11) is 1.41. The number of phenols is 1. The van der Waals surface area contributed by atoms with Crippen molar-refractivity contribution >= 4 is 5.97 Å². The standard InChI is InChI=1S/C12H14O3/c1-15-12(14)9-6-5-8-3-2-4-11(13)10(8)7-9/h2-4,9,13H,5-7H2,1H3/t9-/m0/s1. The molecule has 80 valence electrons. The van der Waals surface area contributed by atoms with E-state index in [9.17, 15) is 9.90 Å². The van der Waals surface area contributed by atoms with Crippen molar-refractivity contribution in [3.63, 3.8) is 0 Å². The Morgan fingerprint density at radius 2 is 2.33 bits per heavy atom. The van der Waals surface area contributed by atoms with Crippen LogP contribution in [0.4, 0.5) is 0 Å². The Morgan fingerprint density at radius 1 is 1.53 bits per heavy atom. The van der Waals surface area contributed by atoms with Crippen LogP contribution in [0.15, 0.2) is 18.2 Å². The molecule has 3 nitrogen and oxygen atoms in total. The number of carbonyl (C=O) groups is 1. The van der Waals surface area contributed by atoms with Gasteiger partial charge in [0.2, 0.25) is 0 Å². The van der Waals surface area contributed by atoms with E-state index in [0.29, 0.717) is 12.2 Å². The Morgan fingerprint density at radius 3 is 3.07 bits per heavy atom. The second-order valence-electron chi connectivity index (χ2n) is 3.88. The highest BCUT2D eigenvalue weighted by atomic mass is 16.5. The van der Waals surface area contributed by atoms with E-state index in [1.807, 2.05) is 12.1 Å². The Labute approximate surface area is 88.7 Å². The van der Waals surface area contributed by atoms with Gasteiger partial charge in [-0.1, -0.05) is 12.1 Å². The monoisotopic (exact) mass is 206 g/mol. The maximum absolute atomic E-state index is 11.4. The highest BCUT2D eigenvalue weighted by Crippen LogP contribution is 2.31. The van der Waals surface area contributed by atoms with Gasteiger partial charge in [0.05, 0.1) is 13.0 Å². The zero-order valence-corrected chi connectivity index (χ0v) is 8.69. The van der Waals surface area contributed by atoms with Crippen molar-refractivity contribution in [3.8, 4) is 5.75 Å². The molecule has 1 aliphatic carbocycles. The quantitative estimate of drug-likeness (QED) is 0.711. The molecule has 0 aliphatic heterocycles. The van der Waals surface area contributed by atoms with Gasteiger partial charge in [-0.2, -0.15) is 0 Å². The van der Waals surface area contributed by atoms with Crippen LogP contribution in [0.2, 0.25) is 0 Å². The number of rotatable bonds is 1. The van der Waals surface area contributed by atoms with Crippen molar-refractivity contribution in [1.29, 1.82) is 0 Å². The van der Waals surface area contributed by atoms with Crippen molar-refractivity contribution in [2.45, 2.75) is 19.3 Å². The van der Waals surface area contributed by atoms with Crippen LogP contribution < -0.4 is 0 Å². The molecule has 0 bridgehead atoms. The average Bonchev–Trinajstić information content (AvgIpc) is 2.28. The number of methoxy groups -OCH3 is 1. The molecule has 15 heavy (non-hydrogen) atoms. The summed E-state index contributed by atoms with van der Waals surface area (Å²) in [6.07, 6.45) is 2.24. The van der Waals surface area contributed by atoms with Crippen LogP contribution in [0, 0.1) is 5.92 Å². The number of aryl methyl sites for hydroxylation is 1. The number of ether oxygens (including phenoxy) is 1. The van der Waals surface area contributed by atoms with E-state index in [1.54, 1.807) is 6.07 Å². The molecule has 0 unspecified atom stereocenters. The number of phenolic OH excluding ortho intramolecular Hbond substituents is 1. The van der Waals surface area contributed by atoms with Crippen molar-refractivity contribution in [2.75, 3.05) is 7.11 Å². The number of carbonyl (C=O) groups excluding carboxylic acids is 1. The predicted octanol–water partition coefficient (Wildman–Crippen LogP) is 1.67. The zero-order chi connectivity index (χ0) is 10.8. The molecule has 1 N–H and O–H groups in total. The fourth-order valence-corrected chi connectivity index (χ4v) is 2.14. The van der Waals surface area contributed by atoms with Crippen LogP contribution in [0.3, 0.4) is 0 Å². The van der Waals surface area contributed by atoms with E-state index >= 15 is 0 Å². The van der Waals surface area contributed by atoms with Crippen molar-refractivity contribution in [2.24, 2.45) is 5.92 Å². The van der Waals surface area contributed by atoms with Gasteiger partial charge < -0.3 is 9.84 Å². The van der Waals surface area contributed by atoms with E-state index in [0.717, 1.165) is 24.0 Å². The van der Waals surface area contributed by atoms with Crippen LogP contribution in [0.5, 0.6) is 5.75 Å². The largest absolute Gasteiger partial charge is 0.508 e. The first-order valence-electron chi connectivity index (χ1n) is 5.10. The van der Waals surface area contributed by atoms with E-state index < -0.39 is 0 Å². The Balaban J connectivity index is 2.26. The first kappa shape index (κ1) is 10.0. The number of esters is 1. The highest BCUT2D eigenvalue weighted by molar-refractivity contribution is 5.73. The van der Waals surface area contributed by atoms with Gasteiger partial charge in [0.15, 0.2) is 0 Å². The van der Waals surface area contributed by atoms with Crippen LogP contribution >= 0.6 is 0 Å². The molecular weight excluding hydrogens is 192 g/mol. The Hall–Kier alpha value is -1.51. The topological polar surface area (TPSA) is 46.5 Å². The minimum atomic E-state index is -0.177. The third-order valence-corrected chi connectivity index (χ3v) is 3.00. The first-order chi connectivity index (χ1) is 7.22. The summed E-state index contributed by atoms with van der Waals surface area (Å²) in [5, 5.41) is 9.68. The molecular formula is C12H14O3. The molecule has 0 fully saturated rings. The summed E-state index contributed by atoms with van der Waals surface area (Å²) >= 11 is 0. The minimum absolute atomic E-state index is 0.101. The molecule has 1 atom stereocenters. The fourth-order valence-electron chi connectivity index (χ4n) is 2.14. The predicted molar refractivity (Wildman–Crippen MR) is 55.6 cm³/mol. The fraction of sp³-hybridized carbons (Fsp3) is 0.417. The van der Waals surface area contributed by atoms with Crippen molar-refractivity contribution < 1.29 is 14.6 Å². The zero-order valence-electron chi connectivity index (χ0n) is 8.69. The Kier molecular flexibility index (Phi) is 2.62. The molecule has 1 aromatic rings. The van der Waals surface area contributed by atoms with E-state index in [-0.39, 0.29) is 11.9 Å². The number of fused-ring (bicyclic) bond motifs is 1. The van der Waals surface area contributed by atoms with Gasteiger partial charge in [-0.3, -0.25) is 4.79 Å². The van der Waals surface area contributed by atoms with Crippen LogP contribution in [0.1, 0.15) is 17.5 Å². The van der Waals surface area contributed by atoms with E-state index in [2.05, 4.69) is 0 Å². The highest BCUT2D eigenvalue weighted by Gasteiger charge is 2.26. The molecule has 0 aromatic heterocycles. The number of benzene rings is 1. The summed E-state index contributed by atoms with van der Waals surface area (Å²) in [6, 6.07) is 5.51. The van der Waals surface area contributed by atoms with Gasteiger partial charge in [-0.25, -0.2) is 0 Å². The van der Waals surface area contributed by atoms with Gasteiger partial charge in [-0.15, -0.1) is 0 Å². The number of hydrogen-bond donors (Lipinski definition) is 1. The summed E-state index contributed by atoms with van der Waals surface area (Å²) in [6.45, 7) is 0. The SMILES string of the molecule is COC(=O)[C@H]1CCc2cccc(O)c2C1. The maximum Gasteiger partial charge on any atom is 0.309 e. The maximum atomic E-state index is 11.4. The molecule has 2 rings (SSSR count). The lowest BCUT2D eigenvalue weighted by atomic mass is 9.83. The smallest absolute Gasteiger partial charge is 0.309 e. The van der Waals surface area contributed by atoms with Crippen molar-refractivity contribution in [1.82, 2.24) is 0 Å². The molecule has 0 heterocycles. The second kappa shape index (κ2) is 3.93. The van der Waals surface area contributed by atoms with Crippen LogP contribution in [-0.2, 0) is 22.4 Å². The Bertz CT molecular complexity index is 384. The van der Waals surface area contributed by atoms with Crippen molar-refractivity contribution in [3.05, 3.63) is 29.3 Å². The third kappa shape index (κ3) is 1.82.